The number of rotatable bonds is 0. The molecule has 0 atom stereocenters. The van der Waals surface area contributed by atoms with Gasteiger partial charge in [-0.2, -0.15) is 0 Å². The molecule has 3 nitrogen and oxygen atoms in total. The zero-order chi connectivity index (χ0) is 10.7. The van der Waals surface area contributed by atoms with E-state index in [0.29, 0.717) is 0 Å². The van der Waals surface area contributed by atoms with Crippen molar-refractivity contribution < 1.29 is 53.9 Å². The SMILES string of the molecule is CC(C)[O-].CC(C)[O-].CC(C)[O-].[Tb+3]. The summed E-state index contributed by atoms with van der Waals surface area (Å²) in [5, 5.41) is 28.6. The Morgan fingerprint density at radius 1 is 0.538 bits per heavy atom. The number of hydrogen-bond donors (Lipinski definition) is 0. The van der Waals surface area contributed by atoms with Crippen LogP contribution in [0.1, 0.15) is 41.5 Å². The zero-order valence-corrected chi connectivity index (χ0v) is 11.4. The molecule has 0 fully saturated rings. The normalized spacial score (nSPS) is 8.31. The maximum atomic E-state index is 9.53. The molecule has 0 aromatic carbocycles. The largest absolute Gasteiger partial charge is 3.00 e. The molecule has 0 aromatic heterocycles. The van der Waals surface area contributed by atoms with Crippen molar-refractivity contribution in [2.24, 2.45) is 0 Å². The van der Waals surface area contributed by atoms with Gasteiger partial charge in [-0.15, -0.1) is 18.3 Å². The van der Waals surface area contributed by atoms with Gasteiger partial charge in [-0.25, -0.2) is 0 Å². The van der Waals surface area contributed by atoms with Gasteiger partial charge in [-0.3, -0.25) is 0 Å². The van der Waals surface area contributed by atoms with Crippen LogP contribution in [0.2, 0.25) is 0 Å². The summed E-state index contributed by atoms with van der Waals surface area (Å²) in [7, 11) is 0. The molecule has 0 saturated heterocycles. The van der Waals surface area contributed by atoms with Gasteiger partial charge in [-0.1, -0.05) is 41.5 Å². The predicted octanol–water partition coefficient (Wildman–Crippen LogP) is -0.735. The molecule has 0 unspecified atom stereocenters. The van der Waals surface area contributed by atoms with Crippen LogP contribution in [0.5, 0.6) is 0 Å². The quantitative estimate of drug-likeness (QED) is 0.585. The fourth-order valence-corrected chi connectivity index (χ4v) is 0. The van der Waals surface area contributed by atoms with Crippen molar-refractivity contribution in [3.63, 3.8) is 0 Å². The van der Waals surface area contributed by atoms with Crippen LogP contribution in [0.3, 0.4) is 0 Å². The summed E-state index contributed by atoms with van der Waals surface area (Å²) in [4.78, 5) is 0. The van der Waals surface area contributed by atoms with Gasteiger partial charge in [0.2, 0.25) is 0 Å². The van der Waals surface area contributed by atoms with Crippen molar-refractivity contribution in [1.29, 1.82) is 0 Å². The third-order valence-corrected chi connectivity index (χ3v) is 0. The molecule has 0 heterocycles. The molecule has 0 spiro atoms. The Labute approximate surface area is 113 Å². The van der Waals surface area contributed by atoms with Crippen LogP contribution < -0.4 is 15.3 Å². The van der Waals surface area contributed by atoms with Crippen molar-refractivity contribution in [1.82, 2.24) is 0 Å². The van der Waals surface area contributed by atoms with Crippen molar-refractivity contribution in [2.45, 2.75) is 59.9 Å². The van der Waals surface area contributed by atoms with E-state index in [4.69, 9.17) is 0 Å². The minimum atomic E-state index is -0.417. The van der Waals surface area contributed by atoms with Crippen molar-refractivity contribution in [3.05, 3.63) is 0 Å². The molecule has 0 aliphatic heterocycles. The smallest absolute Gasteiger partial charge is 0.852 e. The van der Waals surface area contributed by atoms with E-state index in [-0.39, 0.29) is 38.6 Å². The Morgan fingerprint density at radius 3 is 0.538 bits per heavy atom. The molecule has 4 heteroatoms. The van der Waals surface area contributed by atoms with Crippen LogP contribution >= 0.6 is 0 Å². The van der Waals surface area contributed by atoms with E-state index in [0.717, 1.165) is 0 Å². The van der Waals surface area contributed by atoms with Crippen LogP contribution in [-0.4, -0.2) is 18.3 Å². The maximum absolute atomic E-state index is 9.53. The molecule has 0 aliphatic rings. The predicted molar refractivity (Wildman–Crippen MR) is 45.4 cm³/mol. The fraction of sp³-hybridized carbons (Fsp3) is 1.00. The standard InChI is InChI=1S/3C3H7O.Tb/c3*1-3(2)4;/h3*3H,1-2H3;/q3*-1;+3. The van der Waals surface area contributed by atoms with E-state index in [1.54, 1.807) is 41.5 Å². The van der Waals surface area contributed by atoms with Crippen molar-refractivity contribution >= 4 is 0 Å². The Bertz CT molecular complexity index is 43.4. The van der Waals surface area contributed by atoms with E-state index in [1.807, 2.05) is 0 Å². The third kappa shape index (κ3) is 1210. The monoisotopic (exact) mass is 336 g/mol. The van der Waals surface area contributed by atoms with Gasteiger partial charge in [0.25, 0.3) is 0 Å². The molecule has 13 heavy (non-hydrogen) atoms. The molecular weight excluding hydrogens is 315 g/mol. The second-order valence-corrected chi connectivity index (χ2v) is 3.15. The minimum absolute atomic E-state index is 0. The summed E-state index contributed by atoms with van der Waals surface area (Å²) < 4.78 is 0. The topological polar surface area (TPSA) is 69.2 Å². The molecule has 0 saturated carbocycles. The van der Waals surface area contributed by atoms with E-state index in [1.165, 1.54) is 0 Å². The van der Waals surface area contributed by atoms with Crippen molar-refractivity contribution in [2.75, 3.05) is 0 Å². The van der Waals surface area contributed by atoms with Crippen LogP contribution in [0.25, 0.3) is 0 Å². The van der Waals surface area contributed by atoms with Crippen LogP contribution in [-0.2, 0) is 0 Å². The van der Waals surface area contributed by atoms with Gasteiger partial charge < -0.3 is 15.3 Å². The fourth-order valence-electron chi connectivity index (χ4n) is 0. The summed E-state index contributed by atoms with van der Waals surface area (Å²) in [6.07, 6.45) is -1.25. The van der Waals surface area contributed by atoms with Crippen molar-refractivity contribution in [3.8, 4) is 0 Å². The first-order valence-corrected chi connectivity index (χ1v) is 4.17. The third-order valence-electron chi connectivity index (χ3n) is 0. The maximum Gasteiger partial charge on any atom is 3.00 e. The molecule has 0 rings (SSSR count). The van der Waals surface area contributed by atoms with Gasteiger partial charge >= 0.3 is 38.6 Å². The molecule has 84 valence electrons. The summed E-state index contributed by atoms with van der Waals surface area (Å²) in [6, 6.07) is 0. The first-order chi connectivity index (χ1) is 5.20. The summed E-state index contributed by atoms with van der Waals surface area (Å²) in [6.45, 7) is 9.67. The van der Waals surface area contributed by atoms with Gasteiger partial charge in [-0.05, 0) is 0 Å². The minimum Gasteiger partial charge on any atom is -0.852 e. The number of hydrogen-bond acceptors (Lipinski definition) is 3. The van der Waals surface area contributed by atoms with E-state index in [9.17, 15) is 15.3 Å². The molecule has 0 amide bonds. The molecule has 0 aliphatic carbocycles. The van der Waals surface area contributed by atoms with Crippen LogP contribution in [0.15, 0.2) is 0 Å². The van der Waals surface area contributed by atoms with Gasteiger partial charge in [0, 0.05) is 0 Å². The van der Waals surface area contributed by atoms with Gasteiger partial charge in [0.15, 0.2) is 0 Å². The molecule has 0 bridgehead atoms. The Balaban J connectivity index is -0.0000000450. The second kappa shape index (κ2) is 18.9. The first-order valence-electron chi connectivity index (χ1n) is 4.17. The van der Waals surface area contributed by atoms with E-state index < -0.39 is 18.3 Å². The first kappa shape index (κ1) is 23.8. The Kier molecular flexibility index (Phi) is 34.5. The molecule has 0 N–H and O–H groups in total. The van der Waals surface area contributed by atoms with E-state index in [2.05, 4.69) is 0 Å². The molecule has 0 radical (unpaired) electrons. The summed E-state index contributed by atoms with van der Waals surface area (Å²) in [5.74, 6) is 0. The van der Waals surface area contributed by atoms with Crippen LogP contribution in [0, 0.1) is 38.6 Å². The van der Waals surface area contributed by atoms with E-state index >= 15 is 0 Å². The Morgan fingerprint density at radius 2 is 0.538 bits per heavy atom. The summed E-state index contributed by atoms with van der Waals surface area (Å²) in [5.41, 5.74) is 0. The Hall–Kier alpha value is 1.17. The summed E-state index contributed by atoms with van der Waals surface area (Å²) >= 11 is 0. The molecule has 0 aromatic rings. The van der Waals surface area contributed by atoms with Crippen LogP contribution in [0.4, 0.5) is 0 Å². The van der Waals surface area contributed by atoms with Gasteiger partial charge in [0.1, 0.15) is 0 Å². The van der Waals surface area contributed by atoms with Gasteiger partial charge in [0.05, 0.1) is 0 Å². The zero-order valence-electron chi connectivity index (χ0n) is 9.29. The second-order valence-electron chi connectivity index (χ2n) is 3.15. The molecular formula is C9H21O3Tb. The average molecular weight is 336 g/mol. The average Bonchev–Trinajstić information content (AvgIpc) is 1.54.